The molecule has 6 nitrogen and oxygen atoms in total. The molecule has 1 atom stereocenters. The number of carbonyl (C=O) groups is 1. The van der Waals surface area contributed by atoms with Crippen LogP contribution < -0.4 is 14.8 Å². The molecule has 1 amide bonds. The zero-order valence-corrected chi connectivity index (χ0v) is 15.3. The summed E-state index contributed by atoms with van der Waals surface area (Å²) in [7, 11) is -3.76. The molecule has 0 aromatic heterocycles. The predicted molar refractivity (Wildman–Crippen MR) is 92.5 cm³/mol. The average Bonchev–Trinajstić information content (AvgIpc) is 3.01. The van der Waals surface area contributed by atoms with E-state index in [-0.39, 0.29) is 16.8 Å². The van der Waals surface area contributed by atoms with Crippen LogP contribution in [-0.4, -0.2) is 33.0 Å². The van der Waals surface area contributed by atoms with Gasteiger partial charge in [0.25, 0.3) is 0 Å². The Morgan fingerprint density at radius 2 is 2.00 bits per heavy atom. The van der Waals surface area contributed by atoms with Crippen LogP contribution in [0.15, 0.2) is 23.1 Å². The lowest BCUT2D eigenvalue weighted by Crippen LogP contribution is -2.47. The summed E-state index contributed by atoms with van der Waals surface area (Å²) in [6.07, 6.45) is 4.14. The molecule has 1 aromatic rings. The summed E-state index contributed by atoms with van der Waals surface area (Å²) in [6, 6.07) is 4.02. The molecule has 0 aliphatic heterocycles. The van der Waals surface area contributed by atoms with Gasteiger partial charge >= 0.3 is 0 Å². The van der Waals surface area contributed by atoms with Crippen molar-refractivity contribution in [3.63, 3.8) is 0 Å². The molecule has 24 heavy (non-hydrogen) atoms. The summed E-state index contributed by atoms with van der Waals surface area (Å²) in [5, 5.41) is 2.90. The highest BCUT2D eigenvalue weighted by Crippen LogP contribution is 2.22. The zero-order chi connectivity index (χ0) is 17.7. The second-order valence-electron chi connectivity index (χ2n) is 6.19. The molecular weight excluding hydrogens is 328 g/mol. The Balaban J connectivity index is 2.04. The molecule has 1 aliphatic carbocycles. The van der Waals surface area contributed by atoms with Gasteiger partial charge in [0.1, 0.15) is 5.75 Å². The van der Waals surface area contributed by atoms with Crippen molar-refractivity contribution in [2.45, 2.75) is 63.4 Å². The molecule has 2 N–H and O–H groups in total. The summed E-state index contributed by atoms with van der Waals surface area (Å²) >= 11 is 0. The summed E-state index contributed by atoms with van der Waals surface area (Å²) in [5.74, 6) is 0.372. The quantitative estimate of drug-likeness (QED) is 0.785. The highest BCUT2D eigenvalue weighted by Gasteiger charge is 2.25. The number of ether oxygens (including phenoxy) is 1. The third-order valence-electron chi connectivity index (χ3n) is 4.18. The summed E-state index contributed by atoms with van der Waals surface area (Å²) < 4.78 is 32.8. The van der Waals surface area contributed by atoms with E-state index in [1.54, 1.807) is 26.0 Å². The van der Waals surface area contributed by atoms with E-state index in [0.29, 0.717) is 12.4 Å². The van der Waals surface area contributed by atoms with Crippen molar-refractivity contribution in [3.05, 3.63) is 23.8 Å². The first kappa shape index (κ1) is 18.7. The Morgan fingerprint density at radius 3 is 2.58 bits per heavy atom. The number of carbonyl (C=O) groups excluding carboxylic acids is 1. The fraction of sp³-hybridized carbons (Fsp3) is 0.588. The molecular formula is C17H26N2O4S. The molecule has 1 aromatic carbocycles. The van der Waals surface area contributed by atoms with Crippen LogP contribution in [0.1, 0.15) is 45.1 Å². The Bertz CT molecular complexity index is 682. The van der Waals surface area contributed by atoms with Crippen molar-refractivity contribution in [2.75, 3.05) is 6.61 Å². The van der Waals surface area contributed by atoms with Crippen LogP contribution in [0.25, 0.3) is 0 Å². The van der Waals surface area contributed by atoms with Gasteiger partial charge in [0.15, 0.2) is 0 Å². The number of amides is 1. The molecule has 2 rings (SSSR count). The molecule has 7 heteroatoms. The van der Waals surface area contributed by atoms with Crippen molar-refractivity contribution in [3.8, 4) is 5.75 Å². The van der Waals surface area contributed by atoms with Gasteiger partial charge in [-0.1, -0.05) is 12.8 Å². The number of rotatable bonds is 7. The van der Waals surface area contributed by atoms with E-state index in [2.05, 4.69) is 10.0 Å². The van der Waals surface area contributed by atoms with E-state index < -0.39 is 16.1 Å². The smallest absolute Gasteiger partial charge is 0.241 e. The van der Waals surface area contributed by atoms with Crippen LogP contribution in [0, 0.1) is 6.92 Å². The summed E-state index contributed by atoms with van der Waals surface area (Å²) in [6.45, 7) is 5.74. The average molecular weight is 354 g/mol. The highest BCUT2D eigenvalue weighted by molar-refractivity contribution is 7.89. The molecule has 0 radical (unpaired) electrons. The van der Waals surface area contributed by atoms with Crippen molar-refractivity contribution in [1.82, 2.24) is 10.0 Å². The third kappa shape index (κ3) is 4.70. The number of nitrogens with one attached hydrogen (secondary N) is 2. The maximum Gasteiger partial charge on any atom is 0.241 e. The van der Waals surface area contributed by atoms with E-state index in [4.69, 9.17) is 4.74 Å². The molecule has 1 fully saturated rings. The van der Waals surface area contributed by atoms with Crippen LogP contribution in [0.5, 0.6) is 5.75 Å². The Hall–Kier alpha value is -1.60. The molecule has 134 valence electrons. The van der Waals surface area contributed by atoms with Gasteiger partial charge in [-0.3, -0.25) is 4.79 Å². The first-order chi connectivity index (χ1) is 11.3. The number of hydrogen-bond donors (Lipinski definition) is 2. The van der Waals surface area contributed by atoms with E-state index in [1.165, 1.54) is 6.07 Å². The van der Waals surface area contributed by atoms with E-state index in [9.17, 15) is 13.2 Å². The van der Waals surface area contributed by atoms with Crippen LogP contribution in [0.2, 0.25) is 0 Å². The van der Waals surface area contributed by atoms with Gasteiger partial charge in [-0.05, 0) is 57.4 Å². The van der Waals surface area contributed by atoms with Crippen molar-refractivity contribution >= 4 is 15.9 Å². The lowest BCUT2D eigenvalue weighted by atomic mass is 10.2. The van der Waals surface area contributed by atoms with Gasteiger partial charge in [0.2, 0.25) is 15.9 Å². The SMILES string of the molecule is CCOc1ccc(S(=O)(=O)N[C@H](C)C(=O)NC2CCCC2)cc1C. The van der Waals surface area contributed by atoms with E-state index in [0.717, 1.165) is 31.2 Å². The number of hydrogen-bond acceptors (Lipinski definition) is 4. The molecule has 0 unspecified atom stereocenters. The standard InChI is InChI=1S/C17H26N2O4S/c1-4-23-16-10-9-15(11-12(16)2)24(21,22)19-13(3)17(20)18-14-7-5-6-8-14/h9-11,13-14,19H,4-8H2,1-3H3,(H,18,20)/t13-/m1/s1. The maximum atomic E-state index is 12.5. The largest absolute Gasteiger partial charge is 0.494 e. The van der Waals surface area contributed by atoms with Crippen LogP contribution in [0.4, 0.5) is 0 Å². The van der Waals surface area contributed by atoms with Gasteiger partial charge in [0.05, 0.1) is 17.5 Å². The maximum absolute atomic E-state index is 12.5. The predicted octanol–water partition coefficient (Wildman–Crippen LogP) is 2.12. The van der Waals surface area contributed by atoms with E-state index in [1.807, 2.05) is 6.92 Å². The van der Waals surface area contributed by atoms with Crippen molar-refractivity contribution in [1.29, 1.82) is 0 Å². The normalized spacial score (nSPS) is 16.8. The fourth-order valence-corrected chi connectivity index (χ4v) is 4.14. The Labute approximate surface area is 144 Å². The molecule has 1 aliphatic rings. The highest BCUT2D eigenvalue weighted by atomic mass is 32.2. The third-order valence-corrected chi connectivity index (χ3v) is 5.72. The van der Waals surface area contributed by atoms with Gasteiger partial charge in [-0.15, -0.1) is 0 Å². The molecule has 0 bridgehead atoms. The first-order valence-electron chi connectivity index (χ1n) is 8.39. The Morgan fingerprint density at radius 1 is 1.33 bits per heavy atom. The Kier molecular flexibility index (Phi) is 6.23. The minimum Gasteiger partial charge on any atom is -0.494 e. The summed E-state index contributed by atoms with van der Waals surface area (Å²) in [5.41, 5.74) is 0.739. The molecule has 0 spiro atoms. The van der Waals surface area contributed by atoms with Crippen LogP contribution in [-0.2, 0) is 14.8 Å². The lowest BCUT2D eigenvalue weighted by Gasteiger charge is -2.18. The van der Waals surface area contributed by atoms with Crippen LogP contribution in [0.3, 0.4) is 0 Å². The number of sulfonamides is 1. The van der Waals surface area contributed by atoms with Gasteiger partial charge in [-0.2, -0.15) is 4.72 Å². The van der Waals surface area contributed by atoms with Gasteiger partial charge in [-0.25, -0.2) is 8.42 Å². The zero-order valence-electron chi connectivity index (χ0n) is 14.5. The minimum absolute atomic E-state index is 0.129. The van der Waals surface area contributed by atoms with Crippen molar-refractivity contribution < 1.29 is 17.9 Å². The molecule has 0 heterocycles. The van der Waals surface area contributed by atoms with E-state index >= 15 is 0 Å². The topological polar surface area (TPSA) is 84.5 Å². The van der Waals surface area contributed by atoms with Gasteiger partial charge in [0, 0.05) is 6.04 Å². The molecule has 1 saturated carbocycles. The monoisotopic (exact) mass is 354 g/mol. The van der Waals surface area contributed by atoms with Crippen LogP contribution >= 0.6 is 0 Å². The second kappa shape index (κ2) is 7.98. The van der Waals surface area contributed by atoms with Gasteiger partial charge < -0.3 is 10.1 Å². The number of benzene rings is 1. The minimum atomic E-state index is -3.76. The lowest BCUT2D eigenvalue weighted by molar-refractivity contribution is -0.123. The number of aryl methyl sites for hydroxylation is 1. The van der Waals surface area contributed by atoms with Crippen molar-refractivity contribution in [2.24, 2.45) is 0 Å². The fourth-order valence-electron chi connectivity index (χ4n) is 2.86. The second-order valence-corrected chi connectivity index (χ2v) is 7.91. The summed E-state index contributed by atoms with van der Waals surface area (Å²) in [4.78, 5) is 12.3. The first-order valence-corrected chi connectivity index (χ1v) is 9.88. The molecule has 0 saturated heterocycles.